The number of benzene rings is 1. The Kier molecular flexibility index (Phi) is 5.94. The van der Waals surface area contributed by atoms with E-state index < -0.39 is 23.7 Å². The zero-order valence-corrected chi connectivity index (χ0v) is 12.6. The molecule has 0 aliphatic carbocycles. The quantitative estimate of drug-likeness (QED) is 0.826. The number of carboxylic acids is 1. The summed E-state index contributed by atoms with van der Waals surface area (Å²) >= 11 is 3.10. The molecule has 1 aromatic rings. The third-order valence-corrected chi connectivity index (χ3v) is 3.12. The van der Waals surface area contributed by atoms with Gasteiger partial charge in [-0.25, -0.2) is 9.18 Å². The second-order valence-corrected chi connectivity index (χ2v) is 5.35. The van der Waals surface area contributed by atoms with Gasteiger partial charge in [-0.2, -0.15) is 0 Å². The minimum absolute atomic E-state index is 0.242. The molecule has 0 unspecified atom stereocenters. The van der Waals surface area contributed by atoms with Crippen molar-refractivity contribution in [3.63, 3.8) is 0 Å². The minimum atomic E-state index is -1.10. The Morgan fingerprint density at radius 1 is 1.45 bits per heavy atom. The van der Waals surface area contributed by atoms with Crippen molar-refractivity contribution in [2.45, 2.75) is 19.9 Å². The number of rotatable bonds is 6. The summed E-state index contributed by atoms with van der Waals surface area (Å²) in [6.07, 6.45) is 0. The van der Waals surface area contributed by atoms with Crippen LogP contribution in [0.1, 0.15) is 13.8 Å². The van der Waals surface area contributed by atoms with E-state index in [0.29, 0.717) is 10.2 Å². The first-order valence-corrected chi connectivity index (χ1v) is 6.70. The van der Waals surface area contributed by atoms with E-state index in [1.807, 2.05) is 0 Å². The van der Waals surface area contributed by atoms with Crippen LogP contribution in [0.2, 0.25) is 0 Å². The van der Waals surface area contributed by atoms with Crippen molar-refractivity contribution in [3.05, 3.63) is 28.5 Å². The van der Waals surface area contributed by atoms with Crippen molar-refractivity contribution < 1.29 is 23.8 Å². The molecule has 1 atom stereocenters. The van der Waals surface area contributed by atoms with E-state index in [2.05, 4.69) is 21.2 Å². The first kappa shape index (κ1) is 16.4. The molecule has 0 saturated carbocycles. The van der Waals surface area contributed by atoms with Gasteiger partial charge in [-0.3, -0.25) is 4.79 Å². The third kappa shape index (κ3) is 4.80. The fourth-order valence-corrected chi connectivity index (χ4v) is 1.93. The fourth-order valence-electron chi connectivity index (χ4n) is 1.46. The maximum absolute atomic E-state index is 12.9. The fraction of sp³-hybridized carbons (Fsp3) is 0.385. The standard InChI is InChI=1S/C13H15BrFNO4/c1-7(2)12(13(18)19)16-11(17)6-20-10-4-3-8(15)5-9(10)14/h3-5,7,12H,6H2,1-2H3,(H,16,17)(H,18,19)/t12-/m0/s1. The van der Waals surface area contributed by atoms with Crippen molar-refractivity contribution >= 4 is 27.8 Å². The summed E-state index contributed by atoms with van der Waals surface area (Å²) in [4.78, 5) is 22.6. The van der Waals surface area contributed by atoms with Gasteiger partial charge >= 0.3 is 5.97 Å². The van der Waals surface area contributed by atoms with E-state index in [0.717, 1.165) is 0 Å². The van der Waals surface area contributed by atoms with Crippen molar-refractivity contribution in [1.82, 2.24) is 5.32 Å². The maximum Gasteiger partial charge on any atom is 0.326 e. The van der Waals surface area contributed by atoms with E-state index in [9.17, 15) is 14.0 Å². The van der Waals surface area contributed by atoms with Crippen LogP contribution in [0.3, 0.4) is 0 Å². The van der Waals surface area contributed by atoms with Gasteiger partial charge in [0.05, 0.1) is 4.47 Å². The molecule has 0 heterocycles. The molecule has 20 heavy (non-hydrogen) atoms. The van der Waals surface area contributed by atoms with Crippen LogP contribution >= 0.6 is 15.9 Å². The van der Waals surface area contributed by atoms with Gasteiger partial charge in [0.2, 0.25) is 0 Å². The minimum Gasteiger partial charge on any atom is -0.483 e. The molecular formula is C13H15BrFNO4. The first-order chi connectivity index (χ1) is 9.31. The normalized spacial score (nSPS) is 12.1. The highest BCUT2D eigenvalue weighted by atomic mass is 79.9. The maximum atomic E-state index is 12.9. The van der Waals surface area contributed by atoms with Crippen molar-refractivity contribution in [2.24, 2.45) is 5.92 Å². The molecule has 0 saturated heterocycles. The smallest absolute Gasteiger partial charge is 0.326 e. The molecule has 0 bridgehead atoms. The summed E-state index contributed by atoms with van der Waals surface area (Å²) in [7, 11) is 0. The number of hydrogen-bond donors (Lipinski definition) is 2. The number of carbonyl (C=O) groups excluding carboxylic acids is 1. The Hall–Kier alpha value is -1.63. The number of halogens is 2. The monoisotopic (exact) mass is 347 g/mol. The van der Waals surface area contributed by atoms with Crippen LogP contribution in [0.25, 0.3) is 0 Å². The average molecular weight is 348 g/mol. The second-order valence-electron chi connectivity index (χ2n) is 4.49. The Balaban J connectivity index is 2.57. The Bertz CT molecular complexity index is 507. The molecule has 0 aliphatic heterocycles. The number of nitrogens with one attached hydrogen (secondary N) is 1. The number of carboxylic acid groups (broad SMARTS) is 1. The predicted octanol–water partition coefficient (Wildman–Crippen LogP) is 2.19. The molecule has 110 valence electrons. The van der Waals surface area contributed by atoms with Crippen LogP contribution in [0.4, 0.5) is 4.39 Å². The SMILES string of the molecule is CC(C)[C@H](NC(=O)COc1ccc(F)cc1Br)C(=O)O. The lowest BCUT2D eigenvalue weighted by atomic mass is 10.1. The molecule has 0 radical (unpaired) electrons. The lowest BCUT2D eigenvalue weighted by molar-refractivity contribution is -0.143. The molecule has 7 heteroatoms. The lowest BCUT2D eigenvalue weighted by Gasteiger charge is -2.18. The van der Waals surface area contributed by atoms with Crippen molar-refractivity contribution in [1.29, 1.82) is 0 Å². The summed E-state index contributed by atoms with van der Waals surface area (Å²) in [5, 5.41) is 11.3. The highest BCUT2D eigenvalue weighted by molar-refractivity contribution is 9.10. The van der Waals surface area contributed by atoms with E-state index in [1.54, 1.807) is 13.8 Å². The number of hydrogen-bond acceptors (Lipinski definition) is 3. The molecule has 1 rings (SSSR count). The number of amides is 1. The van der Waals surface area contributed by atoms with Gasteiger partial charge in [-0.05, 0) is 40.0 Å². The highest BCUT2D eigenvalue weighted by Gasteiger charge is 2.23. The highest BCUT2D eigenvalue weighted by Crippen LogP contribution is 2.25. The van der Waals surface area contributed by atoms with Gasteiger partial charge in [-0.15, -0.1) is 0 Å². The third-order valence-electron chi connectivity index (χ3n) is 2.50. The molecule has 1 amide bonds. The summed E-state index contributed by atoms with van der Waals surface area (Å²) < 4.78 is 18.4. The largest absolute Gasteiger partial charge is 0.483 e. The molecular weight excluding hydrogens is 333 g/mol. The van der Waals surface area contributed by atoms with E-state index in [4.69, 9.17) is 9.84 Å². The topological polar surface area (TPSA) is 75.6 Å². The Labute approximate surface area is 124 Å². The van der Waals surface area contributed by atoms with Gasteiger partial charge in [-0.1, -0.05) is 13.8 Å². The predicted molar refractivity (Wildman–Crippen MR) is 74.0 cm³/mol. The van der Waals surface area contributed by atoms with Gasteiger partial charge in [0.1, 0.15) is 17.6 Å². The van der Waals surface area contributed by atoms with Crippen LogP contribution in [0.5, 0.6) is 5.75 Å². The zero-order valence-electron chi connectivity index (χ0n) is 11.0. The van der Waals surface area contributed by atoms with Gasteiger partial charge < -0.3 is 15.2 Å². The summed E-state index contributed by atoms with van der Waals surface area (Å²) in [6.45, 7) is 3.04. The second kappa shape index (κ2) is 7.23. The number of carbonyl (C=O) groups is 2. The van der Waals surface area contributed by atoms with Crippen LogP contribution < -0.4 is 10.1 Å². The van der Waals surface area contributed by atoms with Crippen molar-refractivity contribution in [2.75, 3.05) is 6.61 Å². The molecule has 5 nitrogen and oxygen atoms in total. The first-order valence-electron chi connectivity index (χ1n) is 5.91. The molecule has 2 N–H and O–H groups in total. The van der Waals surface area contributed by atoms with E-state index >= 15 is 0 Å². The van der Waals surface area contributed by atoms with E-state index in [1.165, 1.54) is 18.2 Å². The Morgan fingerprint density at radius 3 is 2.60 bits per heavy atom. The molecule has 0 aliphatic rings. The molecule has 0 spiro atoms. The number of aliphatic carboxylic acids is 1. The van der Waals surface area contributed by atoms with Gasteiger partial charge in [0.15, 0.2) is 6.61 Å². The average Bonchev–Trinajstić information content (AvgIpc) is 2.34. The van der Waals surface area contributed by atoms with Gasteiger partial charge in [0.25, 0.3) is 5.91 Å². The van der Waals surface area contributed by atoms with Gasteiger partial charge in [0, 0.05) is 0 Å². The van der Waals surface area contributed by atoms with Crippen LogP contribution in [-0.4, -0.2) is 29.6 Å². The van der Waals surface area contributed by atoms with Crippen molar-refractivity contribution in [3.8, 4) is 5.75 Å². The zero-order chi connectivity index (χ0) is 15.3. The van der Waals surface area contributed by atoms with Crippen LogP contribution in [0.15, 0.2) is 22.7 Å². The summed E-state index contributed by atoms with van der Waals surface area (Å²) in [5.74, 6) is -2.02. The Morgan fingerprint density at radius 2 is 2.10 bits per heavy atom. The lowest BCUT2D eigenvalue weighted by Crippen LogP contribution is -2.46. The van der Waals surface area contributed by atoms with Crippen LogP contribution in [-0.2, 0) is 9.59 Å². The molecule has 0 fully saturated rings. The summed E-state index contributed by atoms with van der Waals surface area (Å²) in [5.41, 5.74) is 0. The molecule has 0 aromatic heterocycles. The summed E-state index contributed by atoms with van der Waals surface area (Å²) in [6, 6.07) is 2.82. The molecule has 1 aromatic carbocycles. The van der Waals surface area contributed by atoms with Crippen LogP contribution in [0, 0.1) is 11.7 Å². The van der Waals surface area contributed by atoms with E-state index in [-0.39, 0.29) is 12.5 Å². The number of ether oxygens (including phenoxy) is 1.